The van der Waals surface area contributed by atoms with Gasteiger partial charge in [-0.25, -0.2) is 0 Å². The smallest absolute Gasteiger partial charge is 0.190 e. The third-order valence-corrected chi connectivity index (χ3v) is 3.54. The maximum atomic E-state index is 5.32. The van der Waals surface area contributed by atoms with E-state index in [0.717, 1.165) is 51.0 Å². The van der Waals surface area contributed by atoms with Crippen molar-refractivity contribution in [1.82, 2.24) is 10.6 Å². The van der Waals surface area contributed by atoms with Gasteiger partial charge in [0.1, 0.15) is 0 Å². The summed E-state index contributed by atoms with van der Waals surface area (Å²) in [5.74, 6) is 1.68. The number of nitrogens with zero attached hydrogens (tertiary/aromatic N) is 1. The summed E-state index contributed by atoms with van der Waals surface area (Å²) in [6.07, 6.45) is 7.37. The lowest BCUT2D eigenvalue weighted by Gasteiger charge is -2.18. The van der Waals surface area contributed by atoms with Gasteiger partial charge in [0.2, 0.25) is 0 Å². The predicted octanol–water partition coefficient (Wildman–Crippen LogP) is 3.80. The lowest BCUT2D eigenvalue weighted by molar-refractivity contribution is 0.143. The van der Waals surface area contributed by atoms with Crippen molar-refractivity contribution in [1.29, 1.82) is 0 Å². The first-order valence-electron chi connectivity index (χ1n) is 8.30. The first-order chi connectivity index (χ1) is 9.78. The van der Waals surface area contributed by atoms with E-state index in [1.807, 2.05) is 14.0 Å². The Morgan fingerprint density at radius 1 is 1.10 bits per heavy atom. The average molecular weight is 413 g/mol. The van der Waals surface area contributed by atoms with Gasteiger partial charge in [0.15, 0.2) is 5.96 Å². The van der Waals surface area contributed by atoms with Gasteiger partial charge in [-0.1, -0.05) is 33.1 Å². The highest BCUT2D eigenvalue weighted by Crippen LogP contribution is 2.10. The van der Waals surface area contributed by atoms with Crippen LogP contribution in [0.1, 0.15) is 59.3 Å². The van der Waals surface area contributed by atoms with Crippen molar-refractivity contribution in [3.05, 3.63) is 0 Å². The Balaban J connectivity index is 0. The summed E-state index contributed by atoms with van der Waals surface area (Å²) >= 11 is 0. The summed E-state index contributed by atoms with van der Waals surface area (Å²) in [4.78, 5) is 4.27. The number of unbranched alkanes of at least 4 members (excludes halogenated alkanes) is 2. The summed E-state index contributed by atoms with van der Waals surface area (Å²) in [6.45, 7) is 10.2. The fraction of sp³-hybridized carbons (Fsp3) is 0.938. The molecule has 1 atom stereocenters. The molecule has 0 fully saturated rings. The van der Waals surface area contributed by atoms with Crippen LogP contribution in [-0.2, 0) is 4.74 Å². The Bertz CT molecular complexity index is 238. The second kappa shape index (κ2) is 18.0. The highest BCUT2D eigenvalue weighted by Gasteiger charge is 2.06. The van der Waals surface area contributed by atoms with E-state index in [4.69, 9.17) is 4.74 Å². The quantitative estimate of drug-likeness (QED) is 0.221. The summed E-state index contributed by atoms with van der Waals surface area (Å²) in [5.41, 5.74) is 0. The van der Waals surface area contributed by atoms with Gasteiger partial charge in [-0.15, -0.1) is 24.0 Å². The monoisotopic (exact) mass is 413 g/mol. The summed E-state index contributed by atoms with van der Waals surface area (Å²) in [6, 6.07) is 0. The molecule has 0 aromatic heterocycles. The minimum Gasteiger partial charge on any atom is -0.382 e. The van der Waals surface area contributed by atoms with Crippen molar-refractivity contribution in [3.8, 4) is 0 Å². The van der Waals surface area contributed by atoms with Crippen LogP contribution in [0.3, 0.4) is 0 Å². The number of halogens is 1. The summed E-state index contributed by atoms with van der Waals surface area (Å²) < 4.78 is 5.32. The predicted molar refractivity (Wildman–Crippen MR) is 104 cm³/mol. The molecular formula is C16H36IN3O. The number of hydrogen-bond acceptors (Lipinski definition) is 2. The third-order valence-electron chi connectivity index (χ3n) is 3.54. The highest BCUT2D eigenvalue weighted by molar-refractivity contribution is 14.0. The molecule has 0 aliphatic rings. The van der Waals surface area contributed by atoms with Gasteiger partial charge in [0, 0.05) is 33.4 Å². The topological polar surface area (TPSA) is 45.7 Å². The lowest BCUT2D eigenvalue weighted by Crippen LogP contribution is -2.40. The van der Waals surface area contributed by atoms with Crippen molar-refractivity contribution in [2.45, 2.75) is 59.3 Å². The van der Waals surface area contributed by atoms with Crippen molar-refractivity contribution < 1.29 is 4.74 Å². The van der Waals surface area contributed by atoms with Crippen LogP contribution in [0.4, 0.5) is 0 Å². The van der Waals surface area contributed by atoms with E-state index in [0.29, 0.717) is 0 Å². The Kier molecular flexibility index (Phi) is 19.9. The van der Waals surface area contributed by atoms with Crippen LogP contribution in [0.15, 0.2) is 4.99 Å². The lowest BCUT2D eigenvalue weighted by atomic mass is 9.99. The molecule has 5 heteroatoms. The van der Waals surface area contributed by atoms with Gasteiger partial charge in [0.05, 0.1) is 0 Å². The van der Waals surface area contributed by atoms with Gasteiger partial charge in [-0.05, 0) is 32.1 Å². The molecule has 0 heterocycles. The number of guanidine groups is 1. The van der Waals surface area contributed by atoms with Crippen LogP contribution in [0.5, 0.6) is 0 Å². The van der Waals surface area contributed by atoms with Crippen LogP contribution in [0, 0.1) is 5.92 Å². The van der Waals surface area contributed by atoms with E-state index < -0.39 is 0 Å². The summed E-state index contributed by atoms with van der Waals surface area (Å²) in [7, 11) is 1.84. The van der Waals surface area contributed by atoms with E-state index in [-0.39, 0.29) is 24.0 Å². The largest absolute Gasteiger partial charge is 0.382 e. The van der Waals surface area contributed by atoms with Crippen molar-refractivity contribution in [2.24, 2.45) is 10.9 Å². The van der Waals surface area contributed by atoms with Crippen molar-refractivity contribution in [3.63, 3.8) is 0 Å². The van der Waals surface area contributed by atoms with Crippen LogP contribution >= 0.6 is 24.0 Å². The zero-order chi connectivity index (χ0) is 15.1. The van der Waals surface area contributed by atoms with E-state index in [9.17, 15) is 0 Å². The number of rotatable bonds is 12. The molecule has 0 saturated heterocycles. The van der Waals surface area contributed by atoms with Crippen molar-refractivity contribution in [2.75, 3.05) is 33.4 Å². The normalized spacial score (nSPS) is 12.7. The zero-order valence-electron chi connectivity index (χ0n) is 14.4. The molecule has 2 N–H and O–H groups in total. The van der Waals surface area contributed by atoms with Gasteiger partial charge in [0.25, 0.3) is 0 Å². The summed E-state index contributed by atoms with van der Waals surface area (Å²) in [5, 5.41) is 6.80. The standard InChI is InChI=1S/C16H35N3O.HI/c1-5-8-11-15(6-2)14-19-16(17-4)18-12-9-10-13-20-7-3;/h15H,5-14H2,1-4H3,(H2,17,18,19);1H. The second-order valence-electron chi connectivity index (χ2n) is 5.20. The first kappa shape index (κ1) is 23.2. The Morgan fingerprint density at radius 3 is 2.43 bits per heavy atom. The number of nitrogens with one attached hydrogen (secondary N) is 2. The molecule has 0 rings (SSSR count). The van der Waals surface area contributed by atoms with Crippen LogP contribution in [0.25, 0.3) is 0 Å². The maximum absolute atomic E-state index is 5.32. The zero-order valence-corrected chi connectivity index (χ0v) is 16.7. The van der Waals surface area contributed by atoms with E-state index in [2.05, 4.69) is 29.5 Å². The Hall–Kier alpha value is -0.0400. The molecule has 0 aliphatic carbocycles. The number of aliphatic imine (C=N–C) groups is 1. The third kappa shape index (κ3) is 14.7. The molecule has 0 amide bonds. The van der Waals surface area contributed by atoms with Crippen LogP contribution < -0.4 is 10.6 Å². The Labute approximate surface area is 148 Å². The molecule has 0 radical (unpaired) electrons. The van der Waals surface area contributed by atoms with Gasteiger partial charge >= 0.3 is 0 Å². The van der Waals surface area contributed by atoms with Crippen LogP contribution in [0.2, 0.25) is 0 Å². The first-order valence-corrected chi connectivity index (χ1v) is 8.30. The fourth-order valence-electron chi connectivity index (χ4n) is 2.09. The minimum absolute atomic E-state index is 0. The molecular weight excluding hydrogens is 377 g/mol. The molecule has 0 spiro atoms. The molecule has 0 aliphatic heterocycles. The van der Waals surface area contributed by atoms with Gasteiger partial charge < -0.3 is 15.4 Å². The fourth-order valence-corrected chi connectivity index (χ4v) is 2.09. The molecule has 0 aromatic rings. The average Bonchev–Trinajstić information content (AvgIpc) is 2.48. The molecule has 1 unspecified atom stereocenters. The van der Waals surface area contributed by atoms with E-state index in [1.54, 1.807) is 0 Å². The van der Waals surface area contributed by atoms with E-state index >= 15 is 0 Å². The molecule has 4 nitrogen and oxygen atoms in total. The highest BCUT2D eigenvalue weighted by atomic mass is 127. The number of hydrogen-bond donors (Lipinski definition) is 2. The van der Waals surface area contributed by atoms with E-state index in [1.165, 1.54) is 25.7 Å². The molecule has 0 saturated carbocycles. The second-order valence-corrected chi connectivity index (χ2v) is 5.20. The van der Waals surface area contributed by atoms with Gasteiger partial charge in [-0.2, -0.15) is 0 Å². The maximum Gasteiger partial charge on any atom is 0.190 e. The minimum atomic E-state index is 0. The molecule has 0 aromatic carbocycles. The molecule has 0 bridgehead atoms. The van der Waals surface area contributed by atoms with Crippen molar-refractivity contribution >= 4 is 29.9 Å². The number of ether oxygens (including phenoxy) is 1. The Morgan fingerprint density at radius 2 is 1.86 bits per heavy atom. The molecule has 21 heavy (non-hydrogen) atoms. The van der Waals surface area contributed by atoms with Gasteiger partial charge in [-0.3, -0.25) is 4.99 Å². The molecule has 128 valence electrons. The SMILES string of the molecule is CCCCC(CC)CNC(=NC)NCCCCOCC.I. The van der Waals surface area contributed by atoms with Crippen LogP contribution in [-0.4, -0.2) is 39.3 Å².